The number of carbonyl (C=O) groups excluding carboxylic acids is 1. The zero-order chi connectivity index (χ0) is 18.2. The average molecular weight is 321 g/mol. The number of nitrogens with zero attached hydrogens (tertiary/aromatic N) is 1. The molecule has 0 aliphatic carbocycles. The normalized spacial score (nSPS) is 12.6. The Balaban J connectivity index is 3.37. The van der Waals surface area contributed by atoms with E-state index in [9.17, 15) is 15.1 Å². The maximum atomic E-state index is 11.9. The summed E-state index contributed by atoms with van der Waals surface area (Å²) in [6, 6.07) is 3.75. The van der Waals surface area contributed by atoms with E-state index in [1.54, 1.807) is 13.8 Å². The van der Waals surface area contributed by atoms with Gasteiger partial charge in [-0.15, -0.1) is 0 Å². The first-order valence-corrected chi connectivity index (χ1v) is 8.12. The highest BCUT2D eigenvalue weighted by atomic mass is 16.5. The lowest BCUT2D eigenvalue weighted by atomic mass is 9.78. The first-order chi connectivity index (χ1) is 10.2. The standard InChI is InChI=1S/C19H31NO3/c1-12(2)17(22)20(23)11-13-9-14(18(3,4)5)16(21)15(10-13)19(6,7)8/h9-10,12,21,23H,11H2,1-8H3. The fourth-order valence-electron chi connectivity index (χ4n) is 2.48. The molecule has 4 nitrogen and oxygen atoms in total. The number of amides is 1. The summed E-state index contributed by atoms with van der Waals surface area (Å²) in [5.74, 6) is -0.276. The van der Waals surface area contributed by atoms with Gasteiger partial charge in [-0.25, -0.2) is 5.06 Å². The van der Waals surface area contributed by atoms with Gasteiger partial charge >= 0.3 is 0 Å². The molecule has 0 aromatic heterocycles. The van der Waals surface area contributed by atoms with Crippen molar-refractivity contribution in [3.8, 4) is 5.75 Å². The van der Waals surface area contributed by atoms with E-state index in [0.717, 1.165) is 21.8 Å². The molecule has 0 heterocycles. The van der Waals surface area contributed by atoms with E-state index >= 15 is 0 Å². The molecular weight excluding hydrogens is 290 g/mol. The Kier molecular flexibility index (Phi) is 5.53. The van der Waals surface area contributed by atoms with Gasteiger partial charge in [0.1, 0.15) is 5.75 Å². The highest BCUT2D eigenvalue weighted by Crippen LogP contribution is 2.39. The summed E-state index contributed by atoms with van der Waals surface area (Å²) in [5.41, 5.74) is 2.00. The number of hydrogen-bond acceptors (Lipinski definition) is 3. The summed E-state index contributed by atoms with van der Waals surface area (Å²) in [6.45, 7) is 15.8. The van der Waals surface area contributed by atoms with Crippen molar-refractivity contribution in [3.63, 3.8) is 0 Å². The molecule has 0 saturated heterocycles. The van der Waals surface area contributed by atoms with Crippen molar-refractivity contribution < 1.29 is 15.1 Å². The second-order valence-electron chi connectivity index (χ2n) is 8.59. The molecule has 0 spiro atoms. The van der Waals surface area contributed by atoms with Crippen LogP contribution in [0.1, 0.15) is 72.1 Å². The highest BCUT2D eigenvalue weighted by molar-refractivity contribution is 5.76. The molecule has 1 rings (SSSR count). The second kappa shape index (κ2) is 6.52. The Morgan fingerprint density at radius 1 is 1.04 bits per heavy atom. The maximum Gasteiger partial charge on any atom is 0.248 e. The van der Waals surface area contributed by atoms with Gasteiger partial charge in [0, 0.05) is 5.92 Å². The third kappa shape index (κ3) is 4.71. The number of carbonyl (C=O) groups is 1. The molecule has 0 saturated carbocycles. The second-order valence-corrected chi connectivity index (χ2v) is 8.59. The lowest BCUT2D eigenvalue weighted by molar-refractivity contribution is -0.171. The molecule has 130 valence electrons. The molecule has 0 radical (unpaired) electrons. The first-order valence-electron chi connectivity index (χ1n) is 8.12. The summed E-state index contributed by atoms with van der Waals surface area (Å²) >= 11 is 0. The minimum absolute atomic E-state index is 0.115. The van der Waals surface area contributed by atoms with Crippen molar-refractivity contribution in [1.82, 2.24) is 5.06 Å². The fraction of sp³-hybridized carbons (Fsp3) is 0.632. The summed E-state index contributed by atoms with van der Waals surface area (Å²) in [4.78, 5) is 11.9. The predicted octanol–water partition coefficient (Wildman–Crippen LogP) is 4.36. The molecule has 23 heavy (non-hydrogen) atoms. The number of phenols is 1. The molecule has 0 atom stereocenters. The number of phenolic OH excluding ortho intramolecular Hbond substituents is 1. The molecule has 4 heteroatoms. The van der Waals surface area contributed by atoms with Gasteiger partial charge in [-0.3, -0.25) is 10.0 Å². The first kappa shape index (κ1) is 19.5. The third-order valence-corrected chi connectivity index (χ3v) is 3.87. The molecule has 1 aromatic rings. The monoisotopic (exact) mass is 321 g/mol. The van der Waals surface area contributed by atoms with Crippen molar-refractivity contribution >= 4 is 5.91 Å². The van der Waals surface area contributed by atoms with E-state index in [4.69, 9.17) is 0 Å². The Morgan fingerprint density at radius 2 is 1.43 bits per heavy atom. The average Bonchev–Trinajstić information content (AvgIpc) is 2.36. The number of rotatable bonds is 3. The minimum atomic E-state index is -0.312. The van der Waals surface area contributed by atoms with E-state index in [2.05, 4.69) is 0 Å². The van der Waals surface area contributed by atoms with Crippen LogP contribution < -0.4 is 0 Å². The summed E-state index contributed by atoms with van der Waals surface area (Å²) in [5, 5.41) is 21.5. The van der Waals surface area contributed by atoms with Crippen LogP contribution in [0.15, 0.2) is 12.1 Å². The van der Waals surface area contributed by atoms with Gasteiger partial charge < -0.3 is 5.11 Å². The smallest absolute Gasteiger partial charge is 0.248 e. The highest BCUT2D eigenvalue weighted by Gasteiger charge is 2.27. The Hall–Kier alpha value is -1.55. The molecule has 0 aliphatic heterocycles. The van der Waals surface area contributed by atoms with Gasteiger partial charge in [0.25, 0.3) is 0 Å². The van der Waals surface area contributed by atoms with Gasteiger partial charge in [-0.1, -0.05) is 55.4 Å². The molecule has 0 unspecified atom stereocenters. The number of hydroxylamine groups is 2. The molecule has 1 aromatic carbocycles. The van der Waals surface area contributed by atoms with Crippen LogP contribution in [0, 0.1) is 5.92 Å². The Bertz CT molecular complexity index is 542. The molecule has 0 bridgehead atoms. The zero-order valence-corrected chi connectivity index (χ0v) is 15.7. The number of benzene rings is 1. The summed E-state index contributed by atoms with van der Waals surface area (Å²) in [7, 11) is 0. The van der Waals surface area contributed by atoms with Crippen LogP contribution in [0.2, 0.25) is 0 Å². The molecule has 0 aliphatic rings. The Morgan fingerprint density at radius 3 is 1.74 bits per heavy atom. The van der Waals surface area contributed by atoms with Gasteiger partial charge in [0.2, 0.25) is 5.91 Å². The maximum absolute atomic E-state index is 11.9. The van der Waals surface area contributed by atoms with Crippen LogP contribution in [0.4, 0.5) is 0 Å². The lowest BCUT2D eigenvalue weighted by Gasteiger charge is -2.29. The van der Waals surface area contributed by atoms with E-state index < -0.39 is 0 Å². The van der Waals surface area contributed by atoms with Gasteiger partial charge in [0.15, 0.2) is 0 Å². The number of aromatic hydroxyl groups is 1. The van der Waals surface area contributed by atoms with Crippen LogP contribution >= 0.6 is 0 Å². The summed E-state index contributed by atoms with van der Waals surface area (Å²) < 4.78 is 0. The largest absolute Gasteiger partial charge is 0.507 e. The van der Waals surface area contributed by atoms with Crippen LogP contribution in [0.5, 0.6) is 5.75 Å². The van der Waals surface area contributed by atoms with Crippen molar-refractivity contribution in [3.05, 3.63) is 28.8 Å². The SMILES string of the molecule is CC(C)C(=O)N(O)Cc1cc(C(C)(C)C)c(O)c(C(C)(C)C)c1. The van der Waals surface area contributed by atoms with Crippen LogP contribution in [0.25, 0.3) is 0 Å². The molecule has 2 N–H and O–H groups in total. The van der Waals surface area contributed by atoms with Gasteiger partial charge in [-0.2, -0.15) is 0 Å². The van der Waals surface area contributed by atoms with E-state index in [1.165, 1.54) is 0 Å². The van der Waals surface area contributed by atoms with Crippen molar-refractivity contribution in [2.75, 3.05) is 0 Å². The lowest BCUT2D eigenvalue weighted by Crippen LogP contribution is -2.31. The van der Waals surface area contributed by atoms with E-state index in [1.807, 2.05) is 53.7 Å². The molecule has 0 fully saturated rings. The van der Waals surface area contributed by atoms with Crippen molar-refractivity contribution in [2.24, 2.45) is 5.92 Å². The molecular formula is C19H31NO3. The van der Waals surface area contributed by atoms with E-state index in [-0.39, 0.29) is 29.2 Å². The zero-order valence-electron chi connectivity index (χ0n) is 15.7. The van der Waals surface area contributed by atoms with Gasteiger partial charge in [0.05, 0.1) is 6.54 Å². The van der Waals surface area contributed by atoms with Crippen molar-refractivity contribution in [2.45, 2.75) is 72.8 Å². The quantitative estimate of drug-likeness (QED) is 0.642. The van der Waals surface area contributed by atoms with E-state index in [0.29, 0.717) is 5.75 Å². The van der Waals surface area contributed by atoms with Crippen LogP contribution in [-0.2, 0) is 22.2 Å². The number of hydrogen-bond donors (Lipinski definition) is 2. The van der Waals surface area contributed by atoms with Crippen molar-refractivity contribution in [1.29, 1.82) is 0 Å². The predicted molar refractivity (Wildman–Crippen MR) is 92.7 cm³/mol. The van der Waals surface area contributed by atoms with Gasteiger partial charge in [-0.05, 0) is 39.7 Å². The Labute approximate surface area is 140 Å². The summed E-state index contributed by atoms with van der Waals surface area (Å²) in [6.07, 6.45) is 0. The third-order valence-electron chi connectivity index (χ3n) is 3.87. The fourth-order valence-corrected chi connectivity index (χ4v) is 2.48. The van der Waals surface area contributed by atoms with Crippen LogP contribution in [-0.4, -0.2) is 21.3 Å². The molecule has 1 amide bonds. The topological polar surface area (TPSA) is 60.8 Å². The minimum Gasteiger partial charge on any atom is -0.507 e. The van der Waals surface area contributed by atoms with Crippen LogP contribution in [0.3, 0.4) is 0 Å².